The lowest BCUT2D eigenvalue weighted by atomic mass is 10.1. The second kappa shape index (κ2) is 7.67. The lowest BCUT2D eigenvalue weighted by Crippen LogP contribution is -2.43. The van der Waals surface area contributed by atoms with E-state index in [1.165, 1.54) is 12.1 Å². The molecule has 0 bridgehead atoms. The Balaban J connectivity index is 1.48. The number of phenols is 1. The fraction of sp³-hybridized carbons (Fsp3) is 0.130. The number of ether oxygens (including phenoxy) is 1. The summed E-state index contributed by atoms with van der Waals surface area (Å²) in [5.74, 6) is -0.655. The van der Waals surface area contributed by atoms with Crippen molar-refractivity contribution in [3.8, 4) is 22.6 Å². The zero-order chi connectivity index (χ0) is 20.4. The number of phenolic OH excluding ortho intramolecular Hbond substituents is 1. The van der Waals surface area contributed by atoms with Crippen LogP contribution in [0.3, 0.4) is 0 Å². The average Bonchev–Trinajstić information content (AvgIpc) is 3.09. The maximum atomic E-state index is 12.4. The summed E-state index contributed by atoms with van der Waals surface area (Å²) in [5, 5.41) is 21.2. The van der Waals surface area contributed by atoms with Gasteiger partial charge in [0.25, 0.3) is 0 Å². The van der Waals surface area contributed by atoms with Crippen LogP contribution in [-0.2, 0) is 17.6 Å². The molecule has 1 atom stereocenters. The number of carbonyl (C=O) groups excluding carboxylic acids is 1. The molecule has 29 heavy (non-hydrogen) atoms. The van der Waals surface area contributed by atoms with E-state index in [0.29, 0.717) is 17.7 Å². The predicted octanol–water partition coefficient (Wildman–Crippen LogP) is 3.75. The van der Waals surface area contributed by atoms with Crippen molar-refractivity contribution < 1.29 is 24.5 Å². The molecule has 0 heterocycles. The van der Waals surface area contributed by atoms with Crippen molar-refractivity contribution in [2.24, 2.45) is 0 Å². The van der Waals surface area contributed by atoms with Gasteiger partial charge >= 0.3 is 12.1 Å². The van der Waals surface area contributed by atoms with Gasteiger partial charge in [-0.15, -0.1) is 0 Å². The number of benzene rings is 3. The molecule has 1 amide bonds. The molecule has 0 saturated carbocycles. The molecule has 1 aliphatic rings. The van der Waals surface area contributed by atoms with Crippen molar-refractivity contribution in [2.75, 3.05) is 0 Å². The number of aliphatic carboxylic acids is 1. The molecular weight excluding hydrogens is 370 g/mol. The summed E-state index contributed by atoms with van der Waals surface area (Å²) in [6, 6.07) is 18.5. The van der Waals surface area contributed by atoms with Crippen molar-refractivity contribution in [1.82, 2.24) is 5.32 Å². The number of carboxylic acids is 1. The number of hydrogen-bond acceptors (Lipinski definition) is 4. The highest BCUT2D eigenvalue weighted by Crippen LogP contribution is 2.40. The quantitative estimate of drug-likeness (QED) is 0.483. The molecule has 6 heteroatoms. The molecule has 3 aromatic rings. The van der Waals surface area contributed by atoms with Gasteiger partial charge in [0.15, 0.2) is 0 Å². The Hall–Kier alpha value is -3.80. The third-order valence-corrected chi connectivity index (χ3v) is 4.98. The molecule has 1 aliphatic carbocycles. The van der Waals surface area contributed by atoms with Crippen molar-refractivity contribution in [1.29, 1.82) is 0 Å². The number of hydrogen-bond donors (Lipinski definition) is 3. The number of amides is 1. The van der Waals surface area contributed by atoms with Crippen LogP contribution in [0.25, 0.3) is 11.1 Å². The van der Waals surface area contributed by atoms with Gasteiger partial charge in [0.2, 0.25) is 0 Å². The van der Waals surface area contributed by atoms with Crippen LogP contribution in [0.4, 0.5) is 4.79 Å². The van der Waals surface area contributed by atoms with E-state index in [4.69, 9.17) is 4.74 Å². The Morgan fingerprint density at radius 1 is 0.966 bits per heavy atom. The van der Waals surface area contributed by atoms with Crippen molar-refractivity contribution in [3.63, 3.8) is 0 Å². The lowest BCUT2D eigenvalue weighted by Gasteiger charge is -2.16. The van der Waals surface area contributed by atoms with Gasteiger partial charge in [0, 0.05) is 18.4 Å². The van der Waals surface area contributed by atoms with Gasteiger partial charge < -0.3 is 20.3 Å². The summed E-state index contributed by atoms with van der Waals surface area (Å²) in [7, 11) is 0. The van der Waals surface area contributed by atoms with Gasteiger partial charge in [-0.25, -0.2) is 9.59 Å². The molecule has 6 nitrogen and oxygen atoms in total. The molecule has 146 valence electrons. The predicted molar refractivity (Wildman–Crippen MR) is 107 cm³/mol. The van der Waals surface area contributed by atoms with Crippen LogP contribution < -0.4 is 10.1 Å². The third kappa shape index (κ3) is 3.91. The molecule has 0 radical (unpaired) electrons. The summed E-state index contributed by atoms with van der Waals surface area (Å²) >= 11 is 0. The van der Waals surface area contributed by atoms with Crippen LogP contribution in [0, 0.1) is 0 Å². The van der Waals surface area contributed by atoms with E-state index >= 15 is 0 Å². The fourth-order valence-electron chi connectivity index (χ4n) is 3.56. The van der Waals surface area contributed by atoms with E-state index in [1.807, 2.05) is 36.4 Å². The summed E-state index contributed by atoms with van der Waals surface area (Å²) < 4.78 is 5.47. The number of carbonyl (C=O) groups is 2. The smallest absolute Gasteiger partial charge is 0.413 e. The van der Waals surface area contributed by atoms with E-state index < -0.39 is 18.1 Å². The minimum Gasteiger partial charge on any atom is -0.508 e. The van der Waals surface area contributed by atoms with Crippen LogP contribution in [0.15, 0.2) is 66.7 Å². The van der Waals surface area contributed by atoms with Crippen LogP contribution in [0.2, 0.25) is 0 Å². The zero-order valence-corrected chi connectivity index (χ0v) is 15.5. The molecule has 0 fully saturated rings. The second-order valence-corrected chi connectivity index (χ2v) is 6.91. The Bertz CT molecular complexity index is 1070. The first kappa shape index (κ1) is 18.6. The van der Waals surface area contributed by atoms with E-state index in [0.717, 1.165) is 22.3 Å². The molecule has 0 aliphatic heterocycles. The van der Waals surface area contributed by atoms with Crippen LogP contribution in [0.5, 0.6) is 11.5 Å². The monoisotopic (exact) mass is 389 g/mol. The molecular formula is C23H19NO5. The van der Waals surface area contributed by atoms with Gasteiger partial charge in [0.1, 0.15) is 17.5 Å². The highest BCUT2D eigenvalue weighted by atomic mass is 16.6. The Morgan fingerprint density at radius 2 is 1.69 bits per heavy atom. The molecule has 0 saturated heterocycles. The van der Waals surface area contributed by atoms with E-state index in [1.54, 1.807) is 18.2 Å². The number of fused-ring (bicyclic) bond motifs is 3. The van der Waals surface area contributed by atoms with Gasteiger partial charge in [-0.2, -0.15) is 0 Å². The van der Waals surface area contributed by atoms with Gasteiger partial charge in [-0.1, -0.05) is 48.5 Å². The Kier molecular flexibility index (Phi) is 4.91. The third-order valence-electron chi connectivity index (χ3n) is 4.98. The Labute approximate surface area is 167 Å². The van der Waals surface area contributed by atoms with Gasteiger partial charge in [-0.3, -0.25) is 0 Å². The molecule has 1 unspecified atom stereocenters. The highest BCUT2D eigenvalue weighted by molar-refractivity contribution is 5.83. The maximum Gasteiger partial charge on any atom is 0.413 e. The van der Waals surface area contributed by atoms with Gasteiger partial charge in [-0.05, 0) is 40.5 Å². The summed E-state index contributed by atoms with van der Waals surface area (Å²) in [6.07, 6.45) is -0.0889. The minimum atomic E-state index is -1.17. The maximum absolute atomic E-state index is 12.4. The topological polar surface area (TPSA) is 95.9 Å². The fourth-order valence-corrected chi connectivity index (χ4v) is 3.56. The zero-order valence-electron chi connectivity index (χ0n) is 15.5. The average molecular weight is 389 g/mol. The highest BCUT2D eigenvalue weighted by Gasteiger charge is 2.25. The lowest BCUT2D eigenvalue weighted by molar-refractivity contribution is -0.139. The van der Waals surface area contributed by atoms with Crippen molar-refractivity contribution >= 4 is 12.1 Å². The summed E-state index contributed by atoms with van der Waals surface area (Å²) in [6.45, 7) is 0. The second-order valence-electron chi connectivity index (χ2n) is 6.91. The standard InChI is InChI=1S/C23H19NO5/c25-16-10-8-14(9-11-16)12-20(22(26)27)24-23(28)29-21-7-3-6-18-17-5-2-1-4-15(17)13-19(18)21/h1-11,20,25H,12-13H2,(H,24,28)(H,26,27). The first-order chi connectivity index (χ1) is 14.0. The van der Waals surface area contributed by atoms with Gasteiger partial charge in [0.05, 0.1) is 0 Å². The molecule has 0 aromatic heterocycles. The first-order valence-electron chi connectivity index (χ1n) is 9.20. The van der Waals surface area contributed by atoms with E-state index in [9.17, 15) is 19.8 Å². The Morgan fingerprint density at radius 3 is 2.45 bits per heavy atom. The first-order valence-corrected chi connectivity index (χ1v) is 9.20. The number of nitrogens with one attached hydrogen (secondary N) is 1. The SMILES string of the molecule is O=C(NC(Cc1ccc(O)cc1)C(=O)O)Oc1cccc2c1Cc1ccccc1-2. The van der Waals surface area contributed by atoms with E-state index in [-0.39, 0.29) is 12.2 Å². The van der Waals surface area contributed by atoms with Crippen LogP contribution >= 0.6 is 0 Å². The number of carboxylic acid groups (broad SMARTS) is 1. The van der Waals surface area contributed by atoms with E-state index in [2.05, 4.69) is 5.32 Å². The molecule has 3 aromatic carbocycles. The van der Waals surface area contributed by atoms with Crippen LogP contribution in [-0.4, -0.2) is 28.3 Å². The molecule has 4 rings (SSSR count). The summed E-state index contributed by atoms with van der Waals surface area (Å²) in [4.78, 5) is 24.0. The minimum absolute atomic E-state index is 0.0725. The van der Waals surface area contributed by atoms with Crippen LogP contribution in [0.1, 0.15) is 16.7 Å². The number of aromatic hydroxyl groups is 1. The molecule has 0 spiro atoms. The number of rotatable bonds is 5. The summed E-state index contributed by atoms with van der Waals surface area (Å²) in [5.41, 5.74) is 4.88. The van der Waals surface area contributed by atoms with Crippen molar-refractivity contribution in [2.45, 2.75) is 18.9 Å². The normalized spacial score (nSPS) is 12.6. The largest absolute Gasteiger partial charge is 0.508 e. The van der Waals surface area contributed by atoms with Crippen molar-refractivity contribution in [3.05, 3.63) is 83.4 Å². The molecule has 3 N–H and O–H groups in total.